The SMILES string of the molecule is CN1CCC(N(C)C(=O)c2ccc3[nH]c(=O)c4cnc(C5CCCCC5)n4c3c2)CC1. The lowest BCUT2D eigenvalue weighted by molar-refractivity contribution is 0.0659. The van der Waals surface area contributed by atoms with Crippen molar-refractivity contribution in [1.82, 2.24) is 24.2 Å². The van der Waals surface area contributed by atoms with E-state index >= 15 is 0 Å². The van der Waals surface area contributed by atoms with Crippen molar-refractivity contribution in [3.8, 4) is 0 Å². The molecule has 0 radical (unpaired) electrons. The predicted octanol–water partition coefficient (Wildman–Crippen LogP) is 3.39. The molecule has 0 bridgehead atoms. The topological polar surface area (TPSA) is 73.7 Å². The van der Waals surface area contributed by atoms with Crippen molar-refractivity contribution < 1.29 is 4.79 Å². The Labute approximate surface area is 182 Å². The highest BCUT2D eigenvalue weighted by atomic mass is 16.2. The average Bonchev–Trinajstić information content (AvgIpc) is 3.25. The van der Waals surface area contributed by atoms with Gasteiger partial charge < -0.3 is 14.8 Å². The third kappa shape index (κ3) is 3.65. The molecule has 5 rings (SSSR count). The Hall–Kier alpha value is -2.67. The van der Waals surface area contributed by atoms with E-state index in [1.807, 2.05) is 34.5 Å². The van der Waals surface area contributed by atoms with E-state index in [0.717, 1.165) is 55.6 Å². The van der Waals surface area contributed by atoms with Gasteiger partial charge in [0.25, 0.3) is 11.5 Å². The van der Waals surface area contributed by atoms with Crippen LogP contribution in [0.25, 0.3) is 16.6 Å². The van der Waals surface area contributed by atoms with Gasteiger partial charge >= 0.3 is 0 Å². The molecule has 31 heavy (non-hydrogen) atoms. The number of piperidine rings is 1. The number of H-pyrrole nitrogens is 1. The Bertz CT molecular complexity index is 1170. The zero-order chi connectivity index (χ0) is 21.5. The monoisotopic (exact) mass is 421 g/mol. The van der Waals surface area contributed by atoms with Gasteiger partial charge in [-0.15, -0.1) is 0 Å². The molecule has 0 atom stereocenters. The van der Waals surface area contributed by atoms with Crippen molar-refractivity contribution in [2.75, 3.05) is 27.2 Å². The Kier molecular flexibility index (Phi) is 5.30. The molecule has 1 amide bonds. The Morgan fingerprint density at radius 2 is 1.84 bits per heavy atom. The molecule has 0 spiro atoms. The van der Waals surface area contributed by atoms with Crippen molar-refractivity contribution in [3.05, 3.63) is 46.1 Å². The first-order valence-electron chi connectivity index (χ1n) is 11.5. The maximum Gasteiger partial charge on any atom is 0.274 e. The number of carbonyl (C=O) groups excluding carboxylic acids is 1. The molecule has 2 aliphatic rings. The molecule has 1 saturated carbocycles. The van der Waals surface area contributed by atoms with E-state index in [1.165, 1.54) is 19.3 Å². The minimum absolute atomic E-state index is 0.0372. The van der Waals surface area contributed by atoms with Crippen LogP contribution in [-0.4, -0.2) is 63.3 Å². The number of aromatic amines is 1. The minimum atomic E-state index is -0.135. The molecule has 164 valence electrons. The lowest BCUT2D eigenvalue weighted by Gasteiger charge is -2.35. The first-order valence-corrected chi connectivity index (χ1v) is 11.5. The summed E-state index contributed by atoms with van der Waals surface area (Å²) in [6.07, 6.45) is 9.55. The van der Waals surface area contributed by atoms with E-state index in [9.17, 15) is 9.59 Å². The zero-order valence-corrected chi connectivity index (χ0v) is 18.4. The second-order valence-electron chi connectivity index (χ2n) is 9.31. The number of likely N-dealkylation sites (tertiary alicyclic amines) is 1. The largest absolute Gasteiger partial charge is 0.339 e. The summed E-state index contributed by atoms with van der Waals surface area (Å²) >= 11 is 0. The number of hydrogen-bond acceptors (Lipinski definition) is 4. The summed E-state index contributed by atoms with van der Waals surface area (Å²) < 4.78 is 2.00. The van der Waals surface area contributed by atoms with Gasteiger partial charge in [-0.25, -0.2) is 4.98 Å². The van der Waals surface area contributed by atoms with Crippen molar-refractivity contribution in [2.24, 2.45) is 0 Å². The number of nitrogens with one attached hydrogen (secondary N) is 1. The van der Waals surface area contributed by atoms with Gasteiger partial charge in [-0.1, -0.05) is 19.3 Å². The molecular formula is C24H31N5O2. The van der Waals surface area contributed by atoms with Crippen LogP contribution < -0.4 is 5.56 Å². The Morgan fingerprint density at radius 1 is 1.10 bits per heavy atom. The number of fused-ring (bicyclic) bond motifs is 3. The van der Waals surface area contributed by atoms with Gasteiger partial charge in [-0.3, -0.25) is 14.0 Å². The fraction of sp³-hybridized carbons (Fsp3) is 0.542. The smallest absolute Gasteiger partial charge is 0.274 e. The third-order valence-corrected chi connectivity index (χ3v) is 7.28. The standard InChI is InChI=1S/C24H31N5O2/c1-27-12-10-18(11-13-27)28(2)24(31)17-8-9-19-20(14-17)29-21(23(30)26-19)15-25-22(29)16-6-4-3-5-7-16/h8-9,14-16,18H,3-7,10-13H2,1-2H3,(H,26,30). The normalized spacial score (nSPS) is 19.3. The second-order valence-corrected chi connectivity index (χ2v) is 9.31. The van der Waals surface area contributed by atoms with Gasteiger partial charge in [-0.05, 0) is 64.0 Å². The van der Waals surface area contributed by atoms with Crippen LogP contribution in [0.1, 0.15) is 67.0 Å². The summed E-state index contributed by atoms with van der Waals surface area (Å²) in [6.45, 7) is 2.03. The van der Waals surface area contributed by atoms with E-state index in [2.05, 4.69) is 21.9 Å². The van der Waals surface area contributed by atoms with Crippen molar-refractivity contribution in [3.63, 3.8) is 0 Å². The summed E-state index contributed by atoms with van der Waals surface area (Å²) in [5.74, 6) is 1.36. The predicted molar refractivity (Wildman–Crippen MR) is 122 cm³/mol. The molecule has 1 aliphatic carbocycles. The van der Waals surface area contributed by atoms with Crippen LogP contribution in [0.5, 0.6) is 0 Å². The van der Waals surface area contributed by atoms with Crippen molar-refractivity contribution >= 4 is 22.5 Å². The molecule has 0 unspecified atom stereocenters. The molecule has 3 aromatic rings. The molecule has 1 saturated heterocycles. The Morgan fingerprint density at radius 3 is 2.58 bits per heavy atom. The third-order valence-electron chi connectivity index (χ3n) is 7.28. The lowest BCUT2D eigenvalue weighted by Crippen LogP contribution is -2.44. The van der Waals surface area contributed by atoms with Gasteiger partial charge in [0.05, 0.1) is 17.2 Å². The molecule has 3 heterocycles. The summed E-state index contributed by atoms with van der Waals surface area (Å²) in [7, 11) is 4.04. The van der Waals surface area contributed by atoms with Crippen LogP contribution >= 0.6 is 0 Å². The number of amides is 1. The van der Waals surface area contributed by atoms with Crippen molar-refractivity contribution in [2.45, 2.75) is 56.9 Å². The first kappa shape index (κ1) is 20.2. The molecular weight excluding hydrogens is 390 g/mol. The van der Waals surface area contributed by atoms with E-state index < -0.39 is 0 Å². The summed E-state index contributed by atoms with van der Waals surface area (Å²) in [6, 6.07) is 5.88. The molecule has 1 aromatic carbocycles. The maximum atomic E-state index is 13.3. The molecule has 7 heteroatoms. The zero-order valence-electron chi connectivity index (χ0n) is 18.4. The van der Waals surface area contributed by atoms with Crippen LogP contribution in [0.2, 0.25) is 0 Å². The number of imidazole rings is 1. The highest BCUT2D eigenvalue weighted by Gasteiger charge is 2.26. The van der Waals surface area contributed by atoms with Crippen LogP contribution in [0.15, 0.2) is 29.2 Å². The maximum absolute atomic E-state index is 13.3. The van der Waals surface area contributed by atoms with Crippen LogP contribution in [0.3, 0.4) is 0 Å². The van der Waals surface area contributed by atoms with E-state index in [0.29, 0.717) is 17.0 Å². The fourth-order valence-electron chi connectivity index (χ4n) is 5.32. The van der Waals surface area contributed by atoms with Gasteiger partial charge in [0, 0.05) is 24.6 Å². The molecule has 1 N–H and O–H groups in total. The van der Waals surface area contributed by atoms with Crippen molar-refractivity contribution in [1.29, 1.82) is 0 Å². The highest BCUT2D eigenvalue weighted by Crippen LogP contribution is 2.33. The van der Waals surface area contributed by atoms with Crippen LogP contribution in [-0.2, 0) is 0 Å². The number of rotatable bonds is 3. The summed E-state index contributed by atoms with van der Waals surface area (Å²) in [5, 5.41) is 0. The molecule has 2 fully saturated rings. The summed E-state index contributed by atoms with van der Waals surface area (Å²) in [5.41, 5.74) is 2.68. The highest BCUT2D eigenvalue weighted by molar-refractivity contribution is 5.97. The van der Waals surface area contributed by atoms with Gasteiger partial charge in [0.15, 0.2) is 0 Å². The lowest BCUT2D eigenvalue weighted by atomic mass is 9.88. The minimum Gasteiger partial charge on any atom is -0.339 e. The second kappa shape index (κ2) is 8.11. The number of aromatic nitrogens is 3. The molecule has 2 aromatic heterocycles. The number of nitrogens with zero attached hydrogens (tertiary/aromatic N) is 4. The summed E-state index contributed by atoms with van der Waals surface area (Å²) in [4.78, 5) is 37.8. The van der Waals surface area contributed by atoms with Crippen LogP contribution in [0, 0.1) is 0 Å². The van der Waals surface area contributed by atoms with E-state index in [-0.39, 0.29) is 17.5 Å². The first-order chi connectivity index (χ1) is 15.0. The molecule has 1 aliphatic heterocycles. The molecule has 7 nitrogen and oxygen atoms in total. The average molecular weight is 422 g/mol. The van der Waals surface area contributed by atoms with Crippen LogP contribution in [0.4, 0.5) is 0 Å². The number of hydrogen-bond donors (Lipinski definition) is 1. The fourth-order valence-corrected chi connectivity index (χ4v) is 5.32. The Balaban J connectivity index is 1.56. The quantitative estimate of drug-likeness (QED) is 0.704. The van der Waals surface area contributed by atoms with Gasteiger partial charge in [0.1, 0.15) is 11.3 Å². The number of benzene rings is 1. The van der Waals surface area contributed by atoms with E-state index in [4.69, 9.17) is 0 Å². The van der Waals surface area contributed by atoms with E-state index in [1.54, 1.807) is 6.20 Å². The van der Waals surface area contributed by atoms with Gasteiger partial charge in [0.2, 0.25) is 0 Å². The van der Waals surface area contributed by atoms with Gasteiger partial charge in [-0.2, -0.15) is 0 Å². The number of carbonyl (C=O) groups is 1.